The molecule has 3 aromatic carbocycles. The van der Waals surface area contributed by atoms with Crippen LogP contribution < -0.4 is 20.9 Å². The second-order valence-corrected chi connectivity index (χ2v) is 7.72. The second kappa shape index (κ2) is 10.1. The molecule has 0 bridgehead atoms. The van der Waals surface area contributed by atoms with Crippen LogP contribution in [0.25, 0.3) is 10.9 Å². The van der Waals surface area contributed by atoms with Crippen LogP contribution in [0.3, 0.4) is 0 Å². The lowest BCUT2D eigenvalue weighted by Gasteiger charge is -2.25. The normalized spacial score (nSPS) is 10.6. The standard InChI is InChI=1S/C24H19ClFN5O3/c25-20-10-18(4-7-22(20)34-13-15-2-1-3-17(26)8-15)30-31(24(33)11-23(27)32)19-5-6-21-16(9-19)12-28-14-29-21/h1-10,12,14,30H,11,13H2,(H2,27,32). The van der Waals surface area contributed by atoms with Gasteiger partial charge in [0.25, 0.3) is 5.91 Å². The second-order valence-electron chi connectivity index (χ2n) is 7.31. The van der Waals surface area contributed by atoms with Gasteiger partial charge in [0.05, 0.1) is 21.9 Å². The van der Waals surface area contributed by atoms with E-state index in [-0.39, 0.29) is 17.4 Å². The Morgan fingerprint density at radius 3 is 2.74 bits per heavy atom. The largest absolute Gasteiger partial charge is 0.487 e. The van der Waals surface area contributed by atoms with Crippen LogP contribution in [0.1, 0.15) is 12.0 Å². The number of hydrazine groups is 1. The van der Waals surface area contributed by atoms with Crippen molar-refractivity contribution in [3.8, 4) is 5.75 Å². The van der Waals surface area contributed by atoms with E-state index in [1.54, 1.807) is 54.7 Å². The third kappa shape index (κ3) is 5.57. The number of carbonyl (C=O) groups is 2. The van der Waals surface area contributed by atoms with Crippen molar-refractivity contribution in [1.29, 1.82) is 0 Å². The molecule has 0 aliphatic rings. The molecule has 0 aliphatic carbocycles. The SMILES string of the molecule is NC(=O)CC(=O)N(Nc1ccc(OCc2cccc(F)c2)c(Cl)c1)c1ccc2ncncc2c1. The molecule has 2 amide bonds. The van der Waals surface area contributed by atoms with Gasteiger partial charge in [-0.25, -0.2) is 19.4 Å². The highest BCUT2D eigenvalue weighted by molar-refractivity contribution is 6.32. The lowest BCUT2D eigenvalue weighted by atomic mass is 10.2. The molecule has 4 rings (SSSR count). The maximum absolute atomic E-state index is 13.4. The van der Waals surface area contributed by atoms with Crippen LogP contribution in [0, 0.1) is 5.82 Å². The molecule has 8 nitrogen and oxygen atoms in total. The molecule has 1 aromatic heterocycles. The van der Waals surface area contributed by atoms with Crippen molar-refractivity contribution in [2.45, 2.75) is 13.0 Å². The molecule has 0 saturated carbocycles. The molecule has 0 unspecified atom stereocenters. The Balaban J connectivity index is 1.56. The summed E-state index contributed by atoms with van der Waals surface area (Å²) in [6.45, 7) is 0.132. The Labute approximate surface area is 199 Å². The van der Waals surface area contributed by atoms with Gasteiger partial charge in [-0.2, -0.15) is 0 Å². The van der Waals surface area contributed by atoms with E-state index in [9.17, 15) is 14.0 Å². The summed E-state index contributed by atoms with van der Waals surface area (Å²) in [6.07, 6.45) is 2.54. The number of amides is 2. The van der Waals surface area contributed by atoms with E-state index in [2.05, 4.69) is 15.4 Å². The molecule has 0 fully saturated rings. The van der Waals surface area contributed by atoms with Gasteiger partial charge in [0.1, 0.15) is 30.9 Å². The molecule has 0 spiro atoms. The predicted octanol–water partition coefficient (Wildman–Crippen LogP) is 4.24. The summed E-state index contributed by atoms with van der Waals surface area (Å²) in [4.78, 5) is 32.3. The van der Waals surface area contributed by atoms with E-state index in [4.69, 9.17) is 22.1 Å². The number of fused-ring (bicyclic) bond motifs is 1. The minimum absolute atomic E-state index is 0.132. The summed E-state index contributed by atoms with van der Waals surface area (Å²) in [5.41, 5.74) is 10.5. The highest BCUT2D eigenvalue weighted by atomic mass is 35.5. The molecule has 10 heteroatoms. The van der Waals surface area contributed by atoms with Gasteiger partial charge in [-0.1, -0.05) is 23.7 Å². The van der Waals surface area contributed by atoms with Crippen molar-refractivity contribution in [3.63, 3.8) is 0 Å². The third-order valence-corrected chi connectivity index (χ3v) is 5.07. The van der Waals surface area contributed by atoms with Crippen LogP contribution in [0.15, 0.2) is 73.2 Å². The number of aromatic nitrogens is 2. The number of halogens is 2. The highest BCUT2D eigenvalue weighted by Gasteiger charge is 2.19. The van der Waals surface area contributed by atoms with Crippen LogP contribution in [-0.4, -0.2) is 21.8 Å². The first-order chi connectivity index (χ1) is 16.4. The first kappa shape index (κ1) is 22.9. The molecule has 0 radical (unpaired) electrons. The Morgan fingerprint density at radius 2 is 1.97 bits per heavy atom. The third-order valence-electron chi connectivity index (χ3n) is 4.78. The van der Waals surface area contributed by atoms with Gasteiger partial charge in [0, 0.05) is 11.6 Å². The molecule has 0 aliphatic heterocycles. The van der Waals surface area contributed by atoms with E-state index < -0.39 is 18.2 Å². The molecule has 0 saturated heterocycles. The Morgan fingerprint density at radius 1 is 1.12 bits per heavy atom. The molecule has 3 N–H and O–H groups in total. The van der Waals surface area contributed by atoms with E-state index >= 15 is 0 Å². The fourth-order valence-corrected chi connectivity index (χ4v) is 3.45. The van der Waals surface area contributed by atoms with Gasteiger partial charge in [0.2, 0.25) is 5.91 Å². The predicted molar refractivity (Wildman–Crippen MR) is 127 cm³/mol. The number of ether oxygens (including phenoxy) is 1. The topological polar surface area (TPSA) is 110 Å². The fraction of sp³-hybridized carbons (Fsp3) is 0.0833. The summed E-state index contributed by atoms with van der Waals surface area (Å²) in [5.74, 6) is -1.30. The summed E-state index contributed by atoms with van der Waals surface area (Å²) in [6, 6.07) is 16.0. The van der Waals surface area contributed by atoms with Crippen molar-refractivity contribution >= 4 is 45.7 Å². The number of nitrogens with one attached hydrogen (secondary N) is 1. The number of benzene rings is 3. The Hall–Kier alpha value is -4.24. The number of carbonyl (C=O) groups excluding carboxylic acids is 2. The number of hydrogen-bond donors (Lipinski definition) is 2. The van der Waals surface area contributed by atoms with Crippen molar-refractivity contribution in [2.24, 2.45) is 5.73 Å². The lowest BCUT2D eigenvalue weighted by Crippen LogP contribution is -2.38. The van der Waals surface area contributed by atoms with Gasteiger partial charge in [-0.05, 0) is 54.1 Å². The van der Waals surface area contributed by atoms with E-state index in [1.807, 2.05) is 0 Å². The van der Waals surface area contributed by atoms with Crippen LogP contribution in [0.4, 0.5) is 15.8 Å². The summed E-state index contributed by atoms with van der Waals surface area (Å²) < 4.78 is 19.0. The zero-order valence-corrected chi connectivity index (χ0v) is 18.5. The summed E-state index contributed by atoms with van der Waals surface area (Å²) in [5, 5.41) is 2.18. The molecular formula is C24H19ClFN5O3. The molecule has 4 aromatic rings. The Bertz CT molecular complexity index is 1370. The first-order valence-corrected chi connectivity index (χ1v) is 10.5. The van der Waals surface area contributed by atoms with Crippen molar-refractivity contribution in [2.75, 3.05) is 10.4 Å². The molecule has 0 atom stereocenters. The highest BCUT2D eigenvalue weighted by Crippen LogP contribution is 2.30. The first-order valence-electron chi connectivity index (χ1n) is 10.1. The zero-order valence-electron chi connectivity index (χ0n) is 17.7. The Kier molecular flexibility index (Phi) is 6.84. The molecule has 172 valence electrons. The van der Waals surface area contributed by atoms with E-state index in [0.29, 0.717) is 33.6 Å². The average molecular weight is 480 g/mol. The van der Waals surface area contributed by atoms with Crippen LogP contribution in [-0.2, 0) is 16.2 Å². The van der Waals surface area contributed by atoms with E-state index in [0.717, 1.165) is 0 Å². The maximum Gasteiger partial charge on any atom is 0.255 e. The van der Waals surface area contributed by atoms with Crippen LogP contribution in [0.5, 0.6) is 5.75 Å². The lowest BCUT2D eigenvalue weighted by molar-refractivity contribution is -0.125. The molecular weight excluding hydrogens is 461 g/mol. The monoisotopic (exact) mass is 479 g/mol. The van der Waals surface area contributed by atoms with Crippen LogP contribution >= 0.6 is 11.6 Å². The van der Waals surface area contributed by atoms with Gasteiger partial charge in [-0.3, -0.25) is 15.0 Å². The maximum atomic E-state index is 13.4. The molecule has 1 heterocycles. The number of hydrogen-bond acceptors (Lipinski definition) is 6. The fourth-order valence-electron chi connectivity index (χ4n) is 3.21. The van der Waals surface area contributed by atoms with Crippen molar-refractivity contribution in [3.05, 3.63) is 89.6 Å². The van der Waals surface area contributed by atoms with E-state index in [1.165, 1.54) is 23.5 Å². The van der Waals surface area contributed by atoms with Crippen molar-refractivity contribution in [1.82, 2.24) is 9.97 Å². The average Bonchev–Trinajstić information content (AvgIpc) is 2.81. The minimum atomic E-state index is -0.764. The van der Waals surface area contributed by atoms with Gasteiger partial charge in [0.15, 0.2) is 0 Å². The smallest absolute Gasteiger partial charge is 0.255 e. The summed E-state index contributed by atoms with van der Waals surface area (Å²) in [7, 11) is 0. The van der Waals surface area contributed by atoms with Gasteiger partial charge >= 0.3 is 0 Å². The van der Waals surface area contributed by atoms with Gasteiger partial charge in [-0.15, -0.1) is 0 Å². The van der Waals surface area contributed by atoms with Crippen molar-refractivity contribution < 1.29 is 18.7 Å². The van der Waals surface area contributed by atoms with Gasteiger partial charge < -0.3 is 10.5 Å². The minimum Gasteiger partial charge on any atom is -0.487 e. The number of primary amides is 1. The quantitative estimate of drug-likeness (QED) is 0.289. The number of rotatable bonds is 8. The number of nitrogens with zero attached hydrogens (tertiary/aromatic N) is 3. The van der Waals surface area contributed by atoms with Crippen LogP contribution in [0.2, 0.25) is 5.02 Å². The zero-order chi connectivity index (χ0) is 24.1. The molecule has 34 heavy (non-hydrogen) atoms. The summed E-state index contributed by atoms with van der Waals surface area (Å²) >= 11 is 6.37. The number of nitrogens with two attached hydrogens (primary N) is 1. The number of anilines is 2.